The first-order valence-corrected chi connectivity index (χ1v) is 15.4. The summed E-state index contributed by atoms with van der Waals surface area (Å²) in [5.74, 6) is -2.90. The largest absolute Gasteiger partial charge is 0.454 e. The van der Waals surface area contributed by atoms with E-state index >= 15 is 0 Å². The van der Waals surface area contributed by atoms with E-state index < -0.39 is 122 Å². The second-order valence-electron chi connectivity index (χ2n) is 13.2. The summed E-state index contributed by atoms with van der Waals surface area (Å²) < 4.78 is 21.8. The lowest BCUT2D eigenvalue weighted by atomic mass is 9.72. The maximum Gasteiger partial charge on any atom is 0.309 e. The van der Waals surface area contributed by atoms with E-state index in [1.54, 1.807) is 0 Å². The van der Waals surface area contributed by atoms with Gasteiger partial charge in [0.25, 0.3) is 0 Å². The van der Waals surface area contributed by atoms with E-state index in [2.05, 4.69) is 0 Å². The Labute approximate surface area is 253 Å². The van der Waals surface area contributed by atoms with E-state index in [1.165, 1.54) is 0 Å². The fraction of sp³-hybridized carbons (Fsp3) is 0.964. The molecule has 2 aliphatic heterocycles. The van der Waals surface area contributed by atoms with Crippen molar-refractivity contribution in [3.05, 3.63) is 0 Å². The molecule has 0 aromatic carbocycles. The number of hydrogen-bond acceptors (Lipinski definition) is 15. The number of carbonyl (C=O) groups is 1. The van der Waals surface area contributed by atoms with Crippen LogP contribution >= 0.6 is 0 Å². The molecule has 0 aromatic heterocycles. The lowest BCUT2D eigenvalue weighted by Gasteiger charge is -2.47. The quantitative estimate of drug-likeness (QED) is 0.0955. The van der Waals surface area contributed by atoms with Crippen LogP contribution in [0.4, 0.5) is 0 Å². The van der Waals surface area contributed by atoms with Crippen LogP contribution in [0.5, 0.6) is 0 Å². The zero-order valence-electron chi connectivity index (χ0n) is 24.1. The van der Waals surface area contributed by atoms with Gasteiger partial charge in [0.15, 0.2) is 24.6 Å². The van der Waals surface area contributed by atoms with Crippen molar-refractivity contribution in [1.82, 2.24) is 0 Å². The highest BCUT2D eigenvalue weighted by Gasteiger charge is 2.55. The summed E-state index contributed by atoms with van der Waals surface area (Å²) in [5, 5.41) is 114. The number of aliphatic hydroxyl groups is 13. The third kappa shape index (κ3) is 6.94. The van der Waals surface area contributed by atoms with Crippen LogP contribution in [0.2, 0.25) is 0 Å². The maximum atomic E-state index is 13.0. The SMILES string of the molecule is O=C(OC1C(OC2CC(C3[OH+]C4CC(O)CC(O)C4CC3O)CC(O)C2O)OC(CO)C(O)C1O)C1CC(O)C(O)C(O)C1. The van der Waals surface area contributed by atoms with Crippen LogP contribution in [0.3, 0.4) is 0 Å². The topological polar surface area (TPSA) is 280 Å². The molecule has 0 amide bonds. The van der Waals surface area contributed by atoms with Gasteiger partial charge in [-0.05, 0) is 32.1 Å². The predicted octanol–water partition coefficient (Wildman–Crippen LogP) is -5.49. The molecular formula is C28H47O16+. The summed E-state index contributed by atoms with van der Waals surface area (Å²) in [7, 11) is 0. The third-order valence-corrected chi connectivity index (χ3v) is 10.2. The first-order valence-electron chi connectivity index (χ1n) is 15.4. The monoisotopic (exact) mass is 639 g/mol. The number of ether oxygens (including phenoxy) is 4. The second kappa shape index (κ2) is 13.9. The Balaban J connectivity index is 1.30. The number of rotatable bonds is 6. The zero-order valence-corrected chi connectivity index (χ0v) is 24.1. The van der Waals surface area contributed by atoms with Gasteiger partial charge in [-0.3, -0.25) is 4.79 Å². The minimum Gasteiger partial charge on any atom is -0.454 e. The molecule has 0 radical (unpaired) electrons. The highest BCUT2D eigenvalue weighted by Crippen LogP contribution is 2.41. The van der Waals surface area contributed by atoms with Crippen molar-refractivity contribution in [2.75, 3.05) is 6.61 Å². The van der Waals surface area contributed by atoms with Gasteiger partial charge in [0.1, 0.15) is 36.6 Å². The molecule has 5 aliphatic rings. The molecule has 16 nitrogen and oxygen atoms in total. The van der Waals surface area contributed by atoms with E-state index in [4.69, 9.17) is 18.9 Å². The molecule has 254 valence electrons. The van der Waals surface area contributed by atoms with E-state index in [1.807, 2.05) is 0 Å². The Morgan fingerprint density at radius 2 is 1.36 bits per heavy atom. The van der Waals surface area contributed by atoms with Gasteiger partial charge in [0.2, 0.25) is 0 Å². The van der Waals surface area contributed by atoms with Crippen molar-refractivity contribution < 1.29 is 79.9 Å². The molecule has 5 fully saturated rings. The van der Waals surface area contributed by atoms with Crippen molar-refractivity contribution in [2.24, 2.45) is 17.8 Å². The van der Waals surface area contributed by atoms with Crippen molar-refractivity contribution in [2.45, 2.75) is 143 Å². The molecule has 0 aromatic rings. The van der Waals surface area contributed by atoms with Gasteiger partial charge in [-0.1, -0.05) is 0 Å². The number of hydrogen-bond donors (Lipinski definition) is 11. The molecule has 3 saturated carbocycles. The number of fused-ring (bicyclic) bond motifs is 1. The van der Waals surface area contributed by atoms with Gasteiger partial charge in [0.05, 0.1) is 55.1 Å². The van der Waals surface area contributed by atoms with Crippen LogP contribution in [0.1, 0.15) is 44.9 Å². The van der Waals surface area contributed by atoms with Crippen molar-refractivity contribution in [1.29, 1.82) is 0 Å². The summed E-state index contributed by atoms with van der Waals surface area (Å²) in [4.78, 5) is 13.0. The summed E-state index contributed by atoms with van der Waals surface area (Å²) in [5.41, 5.74) is 0. The van der Waals surface area contributed by atoms with Gasteiger partial charge in [0, 0.05) is 18.8 Å². The third-order valence-electron chi connectivity index (χ3n) is 10.2. The summed E-state index contributed by atoms with van der Waals surface area (Å²) in [6, 6.07) is 0. The molecule has 17 atom stereocenters. The zero-order chi connectivity index (χ0) is 32.0. The molecular weight excluding hydrogens is 592 g/mol. The summed E-state index contributed by atoms with van der Waals surface area (Å²) >= 11 is 0. The lowest BCUT2D eigenvalue weighted by Crippen LogP contribution is -2.63. The minimum atomic E-state index is -1.82. The Morgan fingerprint density at radius 1 is 0.705 bits per heavy atom. The smallest absolute Gasteiger partial charge is 0.309 e. The molecule has 2 saturated heterocycles. The fourth-order valence-corrected chi connectivity index (χ4v) is 7.67. The molecule has 16 heteroatoms. The lowest BCUT2D eigenvalue weighted by molar-refractivity contribution is -0.333. The average Bonchev–Trinajstić information content (AvgIpc) is 2.97. The van der Waals surface area contributed by atoms with Crippen LogP contribution in [0.25, 0.3) is 0 Å². The molecule has 17 unspecified atom stereocenters. The Bertz CT molecular complexity index is 960. The van der Waals surface area contributed by atoms with Crippen molar-refractivity contribution in [3.63, 3.8) is 0 Å². The van der Waals surface area contributed by atoms with E-state index in [9.17, 15) is 61.0 Å². The van der Waals surface area contributed by atoms with Crippen LogP contribution in [0.15, 0.2) is 0 Å². The molecule has 2 heterocycles. The normalized spacial score (nSPS) is 53.5. The highest BCUT2D eigenvalue weighted by atomic mass is 16.7. The predicted molar refractivity (Wildman–Crippen MR) is 143 cm³/mol. The Morgan fingerprint density at radius 3 is 2.02 bits per heavy atom. The molecule has 5 rings (SSSR count). The van der Waals surface area contributed by atoms with Gasteiger partial charge >= 0.3 is 5.97 Å². The van der Waals surface area contributed by atoms with Crippen LogP contribution in [-0.2, 0) is 19.0 Å². The van der Waals surface area contributed by atoms with Crippen LogP contribution in [-0.4, -0.2) is 171 Å². The first kappa shape index (κ1) is 34.3. The van der Waals surface area contributed by atoms with E-state index in [-0.39, 0.29) is 44.4 Å². The standard InChI is InChI=1S/C28H46O16/c29-8-20-23(38)24(39)26(44-27(40)10-2-14(32)21(36)15(33)3-10)28(43-20)42-19-4-9(1-16(34)22(19)37)25-17(35)7-12-13(31)5-11(30)6-18(12)41-25/h9-26,28-39H,1-8H2/p+1. The summed E-state index contributed by atoms with van der Waals surface area (Å²) in [6.07, 6.45) is -19.8. The Kier molecular flexibility index (Phi) is 10.9. The molecule has 0 spiro atoms. The molecule has 12 N–H and O–H groups in total. The number of carbonyl (C=O) groups excluding carboxylic acids is 1. The van der Waals surface area contributed by atoms with Crippen molar-refractivity contribution >= 4 is 5.97 Å². The fourth-order valence-electron chi connectivity index (χ4n) is 7.67. The maximum absolute atomic E-state index is 13.0. The first-order chi connectivity index (χ1) is 20.8. The minimum absolute atomic E-state index is 0.0355. The Hall–Kier alpha value is -1.09. The highest BCUT2D eigenvalue weighted by molar-refractivity contribution is 5.73. The number of esters is 1. The van der Waals surface area contributed by atoms with E-state index in [0.717, 1.165) is 0 Å². The van der Waals surface area contributed by atoms with Gasteiger partial charge < -0.3 is 75.1 Å². The molecule has 44 heavy (non-hydrogen) atoms. The molecule has 3 aliphatic carbocycles. The van der Waals surface area contributed by atoms with Crippen LogP contribution < -0.4 is 0 Å². The van der Waals surface area contributed by atoms with Crippen LogP contribution in [0, 0.1) is 17.8 Å². The molecule has 0 bridgehead atoms. The number of aliphatic hydroxyl groups excluding tert-OH is 11. The van der Waals surface area contributed by atoms with Gasteiger partial charge in [-0.25, -0.2) is 0 Å². The van der Waals surface area contributed by atoms with Gasteiger partial charge in [-0.15, -0.1) is 0 Å². The average molecular weight is 640 g/mol. The van der Waals surface area contributed by atoms with Crippen molar-refractivity contribution in [3.8, 4) is 0 Å². The second-order valence-corrected chi connectivity index (χ2v) is 13.2. The van der Waals surface area contributed by atoms with Gasteiger partial charge in [-0.2, -0.15) is 0 Å². The van der Waals surface area contributed by atoms with E-state index in [0.29, 0.717) is 6.42 Å². The summed E-state index contributed by atoms with van der Waals surface area (Å²) in [6.45, 7) is -0.747.